The second kappa shape index (κ2) is 4.79. The molecule has 78 valence electrons. The molecule has 2 aromatic rings. The minimum Gasteiger partial charge on any atom is -0.324 e. The topological polar surface area (TPSA) is 38.9 Å². The van der Waals surface area contributed by atoms with Gasteiger partial charge in [0.15, 0.2) is 0 Å². The lowest BCUT2D eigenvalue weighted by Crippen LogP contribution is -2.06. The van der Waals surface area contributed by atoms with Gasteiger partial charge in [-0.3, -0.25) is 0 Å². The lowest BCUT2D eigenvalue weighted by atomic mass is 10.2. The van der Waals surface area contributed by atoms with E-state index in [-0.39, 0.29) is 6.04 Å². The highest BCUT2D eigenvalue weighted by Crippen LogP contribution is 2.33. The number of aromatic nitrogens is 1. The molecule has 0 bridgehead atoms. The largest absolute Gasteiger partial charge is 0.324 e. The summed E-state index contributed by atoms with van der Waals surface area (Å²) in [5.41, 5.74) is 7.00. The molecule has 0 saturated heterocycles. The van der Waals surface area contributed by atoms with Crippen LogP contribution in [0.1, 0.15) is 18.5 Å². The molecule has 0 aliphatic carbocycles. The van der Waals surface area contributed by atoms with Gasteiger partial charge in [-0.25, -0.2) is 4.98 Å². The van der Waals surface area contributed by atoms with Gasteiger partial charge in [0.25, 0.3) is 0 Å². The highest BCUT2D eigenvalue weighted by molar-refractivity contribution is 8.01. The van der Waals surface area contributed by atoms with Crippen molar-refractivity contribution in [3.05, 3.63) is 41.4 Å². The highest BCUT2D eigenvalue weighted by Gasteiger charge is 2.09. The minimum atomic E-state index is 0.0289. The Labute approximate surface area is 97.5 Å². The number of nitrogens with two attached hydrogens (primary N) is 1. The number of rotatable bonds is 3. The van der Waals surface area contributed by atoms with E-state index in [4.69, 9.17) is 5.73 Å². The van der Waals surface area contributed by atoms with Gasteiger partial charge in [-0.1, -0.05) is 23.9 Å². The summed E-state index contributed by atoms with van der Waals surface area (Å²) in [6, 6.07) is 8.13. The summed E-state index contributed by atoms with van der Waals surface area (Å²) in [6.45, 7) is 1.98. The number of hydrogen-bond donors (Lipinski definition) is 1. The van der Waals surface area contributed by atoms with Gasteiger partial charge in [0.1, 0.15) is 5.03 Å². The summed E-state index contributed by atoms with van der Waals surface area (Å²) in [4.78, 5) is 4.36. The van der Waals surface area contributed by atoms with Crippen molar-refractivity contribution in [3.8, 4) is 0 Å². The lowest BCUT2D eigenvalue weighted by Gasteiger charge is -2.09. The standard InChI is InChI=1S/C11H12N2S2/c1-8(12)9-4-2-6-13-11(9)15-10-5-3-7-14-10/h2-8H,12H2,1H3/t8-/m1/s1. The quantitative estimate of drug-likeness (QED) is 0.888. The van der Waals surface area contributed by atoms with Gasteiger partial charge in [0.2, 0.25) is 0 Å². The lowest BCUT2D eigenvalue weighted by molar-refractivity contribution is 0.780. The maximum absolute atomic E-state index is 5.89. The summed E-state index contributed by atoms with van der Waals surface area (Å²) in [5.74, 6) is 0. The van der Waals surface area contributed by atoms with E-state index in [2.05, 4.69) is 16.4 Å². The molecule has 2 rings (SSSR count). The molecule has 0 saturated carbocycles. The van der Waals surface area contributed by atoms with Crippen LogP contribution in [0.2, 0.25) is 0 Å². The number of pyridine rings is 1. The van der Waals surface area contributed by atoms with E-state index in [1.54, 1.807) is 23.1 Å². The summed E-state index contributed by atoms with van der Waals surface area (Å²) >= 11 is 3.40. The molecule has 0 aromatic carbocycles. The average molecular weight is 236 g/mol. The Morgan fingerprint density at radius 3 is 2.93 bits per heavy atom. The van der Waals surface area contributed by atoms with Crippen LogP contribution in [-0.2, 0) is 0 Å². The normalized spacial score (nSPS) is 12.7. The van der Waals surface area contributed by atoms with Crippen LogP contribution in [0.3, 0.4) is 0 Å². The maximum atomic E-state index is 5.89. The third-order valence-corrected chi connectivity index (χ3v) is 4.06. The first kappa shape index (κ1) is 10.7. The summed E-state index contributed by atoms with van der Waals surface area (Å²) < 4.78 is 1.25. The SMILES string of the molecule is C[C@@H](N)c1cccnc1Sc1cccs1. The van der Waals surface area contributed by atoms with Crippen LogP contribution in [0.15, 0.2) is 45.1 Å². The molecule has 0 amide bonds. The fourth-order valence-corrected chi connectivity index (χ4v) is 3.12. The Bertz CT molecular complexity index is 424. The third-order valence-electron chi connectivity index (χ3n) is 1.98. The first-order valence-corrected chi connectivity index (χ1v) is 6.39. The van der Waals surface area contributed by atoms with Crippen LogP contribution in [0.4, 0.5) is 0 Å². The predicted molar refractivity (Wildman–Crippen MR) is 65.3 cm³/mol. The van der Waals surface area contributed by atoms with Crippen molar-refractivity contribution in [2.45, 2.75) is 22.2 Å². The second-order valence-corrected chi connectivity index (χ2v) is 5.46. The van der Waals surface area contributed by atoms with Gasteiger partial charge in [0.05, 0.1) is 4.21 Å². The van der Waals surface area contributed by atoms with Crippen molar-refractivity contribution in [1.82, 2.24) is 4.98 Å². The van der Waals surface area contributed by atoms with Crippen LogP contribution in [-0.4, -0.2) is 4.98 Å². The molecule has 2 heterocycles. The van der Waals surface area contributed by atoms with E-state index < -0.39 is 0 Å². The first-order chi connectivity index (χ1) is 7.27. The third kappa shape index (κ3) is 2.59. The van der Waals surface area contributed by atoms with E-state index in [9.17, 15) is 0 Å². The molecule has 1 atom stereocenters. The molecule has 2 aromatic heterocycles. The monoisotopic (exact) mass is 236 g/mol. The van der Waals surface area contributed by atoms with Crippen LogP contribution in [0, 0.1) is 0 Å². The van der Waals surface area contributed by atoms with Gasteiger partial charge in [0, 0.05) is 17.8 Å². The molecule has 15 heavy (non-hydrogen) atoms. The molecular weight excluding hydrogens is 224 g/mol. The van der Waals surface area contributed by atoms with Gasteiger partial charge >= 0.3 is 0 Å². The first-order valence-electron chi connectivity index (χ1n) is 4.69. The Morgan fingerprint density at radius 2 is 2.27 bits per heavy atom. The van der Waals surface area contributed by atoms with Crippen molar-refractivity contribution in [1.29, 1.82) is 0 Å². The maximum Gasteiger partial charge on any atom is 0.106 e. The molecule has 0 spiro atoms. The van der Waals surface area contributed by atoms with Crippen LogP contribution < -0.4 is 5.73 Å². The zero-order valence-corrected chi connectivity index (χ0v) is 10.0. The zero-order valence-electron chi connectivity index (χ0n) is 8.38. The van der Waals surface area contributed by atoms with Gasteiger partial charge in [-0.15, -0.1) is 11.3 Å². The van der Waals surface area contributed by atoms with Crippen molar-refractivity contribution in [3.63, 3.8) is 0 Å². The Hall–Kier alpha value is -0.840. The molecular formula is C11H12N2S2. The summed E-state index contributed by atoms with van der Waals surface area (Å²) in [6.07, 6.45) is 1.81. The van der Waals surface area contributed by atoms with E-state index in [1.165, 1.54) is 4.21 Å². The minimum absolute atomic E-state index is 0.0289. The van der Waals surface area contributed by atoms with Crippen LogP contribution in [0.5, 0.6) is 0 Å². The van der Waals surface area contributed by atoms with E-state index in [0.29, 0.717) is 0 Å². The molecule has 0 fully saturated rings. The summed E-state index contributed by atoms with van der Waals surface area (Å²) in [5, 5.41) is 3.08. The average Bonchev–Trinajstić information content (AvgIpc) is 2.71. The number of thiophene rings is 1. The van der Waals surface area contributed by atoms with Crippen molar-refractivity contribution < 1.29 is 0 Å². The van der Waals surface area contributed by atoms with Gasteiger partial charge < -0.3 is 5.73 Å². The van der Waals surface area contributed by atoms with E-state index in [0.717, 1.165) is 10.6 Å². The Kier molecular flexibility index (Phi) is 3.41. The Morgan fingerprint density at radius 1 is 1.40 bits per heavy atom. The molecule has 0 radical (unpaired) electrons. The number of nitrogens with zero attached hydrogens (tertiary/aromatic N) is 1. The smallest absolute Gasteiger partial charge is 0.106 e. The molecule has 2 nitrogen and oxygen atoms in total. The van der Waals surface area contributed by atoms with E-state index in [1.807, 2.05) is 31.3 Å². The van der Waals surface area contributed by atoms with Gasteiger partial charge in [-0.2, -0.15) is 0 Å². The fourth-order valence-electron chi connectivity index (χ4n) is 1.25. The molecule has 0 aliphatic rings. The van der Waals surface area contributed by atoms with Gasteiger partial charge in [-0.05, 0) is 24.4 Å². The van der Waals surface area contributed by atoms with Crippen molar-refractivity contribution >= 4 is 23.1 Å². The highest BCUT2D eigenvalue weighted by atomic mass is 32.2. The van der Waals surface area contributed by atoms with E-state index >= 15 is 0 Å². The summed E-state index contributed by atoms with van der Waals surface area (Å²) in [7, 11) is 0. The zero-order chi connectivity index (χ0) is 10.7. The molecule has 0 aliphatic heterocycles. The van der Waals surface area contributed by atoms with Crippen LogP contribution in [0.25, 0.3) is 0 Å². The Balaban J connectivity index is 2.28. The molecule has 4 heteroatoms. The fraction of sp³-hybridized carbons (Fsp3) is 0.182. The van der Waals surface area contributed by atoms with Crippen molar-refractivity contribution in [2.24, 2.45) is 5.73 Å². The van der Waals surface area contributed by atoms with Crippen LogP contribution >= 0.6 is 23.1 Å². The number of hydrogen-bond acceptors (Lipinski definition) is 4. The molecule has 0 unspecified atom stereocenters. The van der Waals surface area contributed by atoms with Crippen molar-refractivity contribution in [2.75, 3.05) is 0 Å². The predicted octanol–water partition coefficient (Wildman–Crippen LogP) is 3.31. The molecule has 2 N–H and O–H groups in total. The second-order valence-electron chi connectivity index (χ2n) is 3.22.